The molecule has 2 aromatic heterocycles. The molecule has 2 fully saturated rings. The van der Waals surface area contributed by atoms with Crippen LogP contribution in [-0.2, 0) is 6.18 Å². The molecule has 6 rings (SSSR count). The van der Waals surface area contributed by atoms with E-state index in [1.807, 2.05) is 35.4 Å². The topological polar surface area (TPSA) is 54.0 Å². The van der Waals surface area contributed by atoms with Gasteiger partial charge in [-0.1, -0.05) is 6.07 Å². The molecular weight excluding hydrogens is 645 g/mol. The van der Waals surface area contributed by atoms with Crippen molar-refractivity contribution in [2.75, 3.05) is 63.3 Å². The molecule has 2 saturated heterocycles. The van der Waals surface area contributed by atoms with Crippen molar-refractivity contribution in [3.05, 3.63) is 60.2 Å². The number of benzene rings is 2. The number of halogens is 7. The molecule has 2 aliphatic heterocycles. The van der Waals surface area contributed by atoms with Crippen LogP contribution in [0.4, 0.5) is 28.9 Å². The molecule has 0 saturated carbocycles. The monoisotopic (exact) mass is 677 g/mol. The van der Waals surface area contributed by atoms with Gasteiger partial charge in [0.25, 0.3) is 0 Å². The Morgan fingerprint density at radius 3 is 2.11 bits per heavy atom. The molecule has 7 nitrogen and oxygen atoms in total. The quantitative estimate of drug-likeness (QED) is 0.211. The van der Waals surface area contributed by atoms with Crippen molar-refractivity contribution >= 4 is 70.4 Å². The molecule has 4 aromatic rings. The summed E-state index contributed by atoms with van der Waals surface area (Å²) in [5, 5.41) is 1.01. The van der Waals surface area contributed by atoms with Gasteiger partial charge in [-0.05, 0) is 37.1 Å². The minimum absolute atomic E-state index is 0. The van der Waals surface area contributed by atoms with Crippen molar-refractivity contribution in [1.82, 2.24) is 14.9 Å². The number of fused-ring (bicyclic) bond motifs is 2. The number of rotatable bonds is 5. The van der Waals surface area contributed by atoms with E-state index in [4.69, 9.17) is 9.47 Å². The van der Waals surface area contributed by atoms with E-state index in [2.05, 4.69) is 19.8 Å². The largest absolute Gasteiger partial charge is 0.497 e. The Balaban J connectivity index is 0.00000176. The number of methoxy groups -OCH3 is 2. The molecule has 14 heteroatoms. The lowest BCUT2D eigenvalue weighted by Gasteiger charge is -2.44. The molecule has 2 aliphatic rings. The van der Waals surface area contributed by atoms with Crippen molar-refractivity contribution in [3.8, 4) is 11.5 Å². The fourth-order valence-electron chi connectivity index (χ4n) is 6.12. The average Bonchev–Trinajstić information content (AvgIpc) is 3.00. The van der Waals surface area contributed by atoms with Gasteiger partial charge < -0.3 is 19.3 Å². The Hall–Kier alpha value is -2.99. The molecule has 0 atom stereocenters. The maximum atomic E-state index is 14.8. The van der Waals surface area contributed by atoms with Gasteiger partial charge in [0, 0.05) is 69.0 Å². The molecule has 0 unspecified atom stereocenters. The molecule has 0 amide bonds. The van der Waals surface area contributed by atoms with Crippen LogP contribution in [0.1, 0.15) is 18.5 Å². The summed E-state index contributed by atoms with van der Waals surface area (Å²) in [5.74, 6) is -0.0277. The van der Waals surface area contributed by atoms with Crippen LogP contribution in [0.5, 0.6) is 11.5 Å². The highest BCUT2D eigenvalue weighted by Crippen LogP contribution is 2.39. The SMILES string of the molecule is COc1cc(N2CCN(C3CCN(c4ccc(F)c5c(OC)cc(C(F)(F)F)nc45)CC3)CC2)c2ncccc2c1.Cl.Cl.Cl. The highest BCUT2D eigenvalue weighted by Gasteiger charge is 2.35. The lowest BCUT2D eigenvalue weighted by Crippen LogP contribution is -2.53. The summed E-state index contributed by atoms with van der Waals surface area (Å²) in [5.41, 5.74) is 1.40. The van der Waals surface area contributed by atoms with Crippen LogP contribution < -0.4 is 19.3 Å². The second-order valence-corrected chi connectivity index (χ2v) is 10.5. The third kappa shape index (κ3) is 6.80. The Morgan fingerprint density at radius 1 is 0.795 bits per heavy atom. The summed E-state index contributed by atoms with van der Waals surface area (Å²) >= 11 is 0. The first-order valence-corrected chi connectivity index (χ1v) is 13.7. The zero-order valence-corrected chi connectivity index (χ0v) is 26.6. The number of ether oxygens (including phenoxy) is 2. The summed E-state index contributed by atoms with van der Waals surface area (Å²) in [6.07, 6.45) is -1.17. The van der Waals surface area contributed by atoms with E-state index in [1.54, 1.807) is 7.11 Å². The predicted octanol–water partition coefficient (Wildman–Crippen LogP) is 7.01. The molecule has 4 heterocycles. The summed E-state index contributed by atoms with van der Waals surface area (Å²) in [6, 6.07) is 11.9. The van der Waals surface area contributed by atoms with Gasteiger partial charge in [-0.2, -0.15) is 13.2 Å². The molecule has 0 aliphatic carbocycles. The molecule has 0 radical (unpaired) electrons. The molecule has 0 bridgehead atoms. The maximum Gasteiger partial charge on any atom is 0.433 e. The van der Waals surface area contributed by atoms with Gasteiger partial charge in [-0.25, -0.2) is 9.37 Å². The van der Waals surface area contributed by atoms with Gasteiger partial charge in [0.05, 0.1) is 36.5 Å². The molecule has 0 spiro atoms. The average molecular weight is 679 g/mol. The van der Waals surface area contributed by atoms with E-state index < -0.39 is 17.7 Å². The van der Waals surface area contributed by atoms with Gasteiger partial charge in [0.2, 0.25) is 0 Å². The third-order valence-corrected chi connectivity index (χ3v) is 8.23. The minimum atomic E-state index is -4.67. The second kappa shape index (κ2) is 14.4. The van der Waals surface area contributed by atoms with Crippen LogP contribution in [-0.4, -0.2) is 74.4 Å². The van der Waals surface area contributed by atoms with Crippen LogP contribution in [0, 0.1) is 5.82 Å². The van der Waals surface area contributed by atoms with Crippen LogP contribution in [0.3, 0.4) is 0 Å². The van der Waals surface area contributed by atoms with Crippen molar-refractivity contribution in [3.63, 3.8) is 0 Å². The summed E-state index contributed by atoms with van der Waals surface area (Å²) < 4.78 is 66.1. The Labute approximate surface area is 271 Å². The van der Waals surface area contributed by atoms with E-state index >= 15 is 0 Å². The number of hydrogen-bond donors (Lipinski definition) is 0. The number of pyridine rings is 2. The van der Waals surface area contributed by atoms with E-state index in [0.717, 1.165) is 67.4 Å². The number of piperazine rings is 1. The third-order valence-electron chi connectivity index (χ3n) is 8.23. The number of anilines is 2. The number of aromatic nitrogens is 2. The van der Waals surface area contributed by atoms with E-state index in [0.29, 0.717) is 24.8 Å². The van der Waals surface area contributed by atoms with Crippen LogP contribution in [0.15, 0.2) is 48.7 Å². The number of piperidine rings is 1. The molecule has 2 aromatic carbocycles. The normalized spacial score (nSPS) is 16.2. The van der Waals surface area contributed by atoms with Gasteiger partial charge in [0.15, 0.2) is 0 Å². The first-order chi connectivity index (χ1) is 19.8. The smallest absolute Gasteiger partial charge is 0.433 e. The first kappa shape index (κ1) is 35.5. The zero-order valence-electron chi connectivity index (χ0n) is 24.1. The summed E-state index contributed by atoms with van der Waals surface area (Å²) in [6.45, 7) is 4.76. The van der Waals surface area contributed by atoms with Crippen molar-refractivity contribution < 1.29 is 27.0 Å². The van der Waals surface area contributed by atoms with E-state index in [1.165, 1.54) is 19.2 Å². The summed E-state index contributed by atoms with van der Waals surface area (Å²) in [7, 11) is 2.90. The second-order valence-electron chi connectivity index (χ2n) is 10.5. The minimum Gasteiger partial charge on any atom is -0.497 e. The molecular formula is C30H34Cl3F4N5O2. The van der Waals surface area contributed by atoms with E-state index in [-0.39, 0.29) is 53.9 Å². The maximum absolute atomic E-state index is 14.8. The van der Waals surface area contributed by atoms with Crippen molar-refractivity contribution in [2.24, 2.45) is 0 Å². The van der Waals surface area contributed by atoms with Gasteiger partial charge >= 0.3 is 6.18 Å². The summed E-state index contributed by atoms with van der Waals surface area (Å²) in [4.78, 5) is 15.3. The first-order valence-electron chi connectivity index (χ1n) is 13.7. The Morgan fingerprint density at radius 2 is 1.48 bits per heavy atom. The van der Waals surface area contributed by atoms with Gasteiger partial charge in [-0.15, -0.1) is 37.2 Å². The Kier molecular flexibility index (Phi) is 11.6. The van der Waals surface area contributed by atoms with Crippen molar-refractivity contribution in [2.45, 2.75) is 25.1 Å². The Bertz CT molecular complexity index is 1580. The molecule has 240 valence electrons. The number of alkyl halides is 3. The van der Waals surface area contributed by atoms with Gasteiger partial charge in [-0.3, -0.25) is 9.88 Å². The lowest BCUT2D eigenvalue weighted by molar-refractivity contribution is -0.141. The lowest BCUT2D eigenvalue weighted by atomic mass is 10.0. The fraction of sp³-hybridized carbons (Fsp3) is 0.400. The number of nitrogens with zero attached hydrogens (tertiary/aromatic N) is 5. The zero-order chi connectivity index (χ0) is 28.7. The van der Waals surface area contributed by atoms with E-state index in [9.17, 15) is 17.6 Å². The fourth-order valence-corrected chi connectivity index (χ4v) is 6.12. The highest BCUT2D eigenvalue weighted by molar-refractivity contribution is 5.96. The molecule has 0 N–H and O–H groups in total. The number of hydrogen-bond acceptors (Lipinski definition) is 7. The molecule has 44 heavy (non-hydrogen) atoms. The van der Waals surface area contributed by atoms with Gasteiger partial charge in [0.1, 0.15) is 28.5 Å². The van der Waals surface area contributed by atoms with Crippen LogP contribution >= 0.6 is 37.2 Å². The standard InChI is InChI=1S/C30H31F4N5O2.3ClH/c1-40-21-16-19-4-3-9-35-28(19)24(17-21)39-14-12-37(13-15-39)20-7-10-38(11-8-20)23-6-5-22(31)27-25(41-2)18-26(30(32,33)34)36-29(23)27;;;/h3-6,9,16-18,20H,7-8,10-15H2,1-2H3;3*1H. The van der Waals surface area contributed by atoms with Crippen LogP contribution in [0.2, 0.25) is 0 Å². The highest BCUT2D eigenvalue weighted by atomic mass is 35.5. The van der Waals surface area contributed by atoms with Crippen LogP contribution in [0.25, 0.3) is 21.8 Å². The predicted molar refractivity (Wildman–Crippen MR) is 172 cm³/mol. The van der Waals surface area contributed by atoms with Crippen molar-refractivity contribution in [1.29, 1.82) is 0 Å².